The number of ether oxygens (including phenoxy) is 1. The molecule has 2 N–H and O–H groups in total. The lowest BCUT2D eigenvalue weighted by molar-refractivity contribution is 0.0532. The second-order valence-corrected chi connectivity index (χ2v) is 6.78. The molecule has 1 amide bonds. The van der Waals surface area contributed by atoms with E-state index in [9.17, 15) is 4.79 Å². The van der Waals surface area contributed by atoms with Gasteiger partial charge in [-0.1, -0.05) is 19.9 Å². The zero-order valence-electron chi connectivity index (χ0n) is 14.0. The third-order valence-electron chi connectivity index (χ3n) is 4.44. The van der Waals surface area contributed by atoms with Gasteiger partial charge in [0.05, 0.1) is 6.20 Å². The third-order valence-corrected chi connectivity index (χ3v) is 4.44. The number of carbonyl (C=O) groups excluding carboxylic acids is 1. The van der Waals surface area contributed by atoms with Crippen LogP contribution in [0, 0.1) is 5.41 Å². The SMILES string of the molecule is CC1(C)CN(C(=O)c2cccc(Oc3cnccn3)c2)CCC1N. The number of carbonyl (C=O) groups is 1. The molecular formula is C18H22N4O2. The molecule has 3 rings (SSSR count). The summed E-state index contributed by atoms with van der Waals surface area (Å²) >= 11 is 0. The van der Waals surface area contributed by atoms with Crippen molar-refractivity contribution in [2.75, 3.05) is 13.1 Å². The van der Waals surface area contributed by atoms with Crippen molar-refractivity contribution < 1.29 is 9.53 Å². The van der Waals surface area contributed by atoms with E-state index < -0.39 is 0 Å². The van der Waals surface area contributed by atoms with Crippen molar-refractivity contribution in [2.45, 2.75) is 26.3 Å². The van der Waals surface area contributed by atoms with Crippen LogP contribution >= 0.6 is 0 Å². The maximum Gasteiger partial charge on any atom is 0.254 e. The lowest BCUT2D eigenvalue weighted by Gasteiger charge is -2.42. The number of piperidine rings is 1. The Morgan fingerprint density at radius 3 is 2.92 bits per heavy atom. The van der Waals surface area contributed by atoms with Gasteiger partial charge in [0, 0.05) is 37.1 Å². The van der Waals surface area contributed by atoms with Crippen LogP contribution in [0.1, 0.15) is 30.6 Å². The van der Waals surface area contributed by atoms with Gasteiger partial charge in [0.1, 0.15) is 5.75 Å². The molecule has 1 saturated heterocycles. The zero-order valence-corrected chi connectivity index (χ0v) is 14.0. The van der Waals surface area contributed by atoms with Crippen LogP contribution < -0.4 is 10.5 Å². The fourth-order valence-corrected chi connectivity index (χ4v) is 2.88. The number of nitrogens with zero attached hydrogens (tertiary/aromatic N) is 3. The molecular weight excluding hydrogens is 304 g/mol. The number of amides is 1. The van der Waals surface area contributed by atoms with Crippen LogP contribution in [0.4, 0.5) is 0 Å². The molecule has 1 unspecified atom stereocenters. The molecule has 24 heavy (non-hydrogen) atoms. The molecule has 6 nitrogen and oxygen atoms in total. The van der Waals surface area contributed by atoms with Gasteiger partial charge in [0.25, 0.3) is 5.91 Å². The van der Waals surface area contributed by atoms with Gasteiger partial charge in [0.2, 0.25) is 5.88 Å². The summed E-state index contributed by atoms with van der Waals surface area (Å²) in [6, 6.07) is 7.25. The van der Waals surface area contributed by atoms with Crippen LogP contribution in [0.2, 0.25) is 0 Å². The van der Waals surface area contributed by atoms with Crippen molar-refractivity contribution in [3.63, 3.8) is 0 Å². The monoisotopic (exact) mass is 326 g/mol. The Labute approximate surface area is 141 Å². The molecule has 1 aliphatic heterocycles. The summed E-state index contributed by atoms with van der Waals surface area (Å²) in [5, 5.41) is 0. The minimum atomic E-state index is -0.0817. The minimum Gasteiger partial charge on any atom is -0.437 e. The second-order valence-electron chi connectivity index (χ2n) is 6.78. The number of benzene rings is 1. The van der Waals surface area contributed by atoms with Crippen molar-refractivity contribution in [1.82, 2.24) is 14.9 Å². The van der Waals surface area contributed by atoms with E-state index in [0.29, 0.717) is 30.3 Å². The fraction of sp³-hybridized carbons (Fsp3) is 0.389. The highest BCUT2D eigenvalue weighted by molar-refractivity contribution is 5.94. The van der Waals surface area contributed by atoms with Crippen LogP contribution in [-0.4, -0.2) is 39.9 Å². The smallest absolute Gasteiger partial charge is 0.254 e. The Bertz CT molecular complexity index is 718. The van der Waals surface area contributed by atoms with Gasteiger partial charge in [-0.3, -0.25) is 9.78 Å². The Hall–Kier alpha value is -2.47. The average Bonchev–Trinajstić information content (AvgIpc) is 2.58. The van der Waals surface area contributed by atoms with E-state index in [-0.39, 0.29) is 17.4 Å². The molecule has 0 spiro atoms. The zero-order chi connectivity index (χ0) is 17.2. The van der Waals surface area contributed by atoms with Gasteiger partial charge in [-0.05, 0) is 30.0 Å². The fourth-order valence-electron chi connectivity index (χ4n) is 2.88. The summed E-state index contributed by atoms with van der Waals surface area (Å²) in [5.74, 6) is 0.959. The van der Waals surface area contributed by atoms with Crippen LogP contribution in [-0.2, 0) is 0 Å². The predicted molar refractivity (Wildman–Crippen MR) is 90.8 cm³/mol. The first-order valence-corrected chi connectivity index (χ1v) is 8.04. The minimum absolute atomic E-state index is 0.000397. The molecule has 1 aromatic carbocycles. The molecule has 6 heteroatoms. The van der Waals surface area contributed by atoms with Crippen LogP contribution in [0.15, 0.2) is 42.9 Å². The first-order valence-electron chi connectivity index (χ1n) is 8.04. The maximum absolute atomic E-state index is 12.8. The average molecular weight is 326 g/mol. The van der Waals surface area contributed by atoms with Gasteiger partial charge in [0.15, 0.2) is 0 Å². The van der Waals surface area contributed by atoms with E-state index in [1.807, 2.05) is 4.90 Å². The van der Waals surface area contributed by atoms with Crippen molar-refractivity contribution in [3.8, 4) is 11.6 Å². The van der Waals surface area contributed by atoms with E-state index in [2.05, 4.69) is 23.8 Å². The van der Waals surface area contributed by atoms with Crippen LogP contribution in [0.5, 0.6) is 11.6 Å². The summed E-state index contributed by atoms with van der Waals surface area (Å²) in [4.78, 5) is 22.7. The highest BCUT2D eigenvalue weighted by Gasteiger charge is 2.35. The van der Waals surface area contributed by atoms with Gasteiger partial charge in [-0.15, -0.1) is 0 Å². The third kappa shape index (κ3) is 3.54. The number of hydrogen-bond donors (Lipinski definition) is 1. The maximum atomic E-state index is 12.8. The van der Waals surface area contributed by atoms with Crippen molar-refractivity contribution in [1.29, 1.82) is 0 Å². The van der Waals surface area contributed by atoms with Crippen LogP contribution in [0.3, 0.4) is 0 Å². The summed E-state index contributed by atoms with van der Waals surface area (Å²) in [5.41, 5.74) is 6.67. The number of rotatable bonds is 3. The number of hydrogen-bond acceptors (Lipinski definition) is 5. The molecule has 0 radical (unpaired) electrons. The number of likely N-dealkylation sites (tertiary alicyclic amines) is 1. The Morgan fingerprint density at radius 1 is 1.38 bits per heavy atom. The molecule has 0 aliphatic carbocycles. The number of nitrogens with two attached hydrogens (primary N) is 1. The second kappa shape index (κ2) is 6.57. The summed E-state index contributed by atoms with van der Waals surface area (Å²) < 4.78 is 5.65. The molecule has 1 atom stereocenters. The van der Waals surface area contributed by atoms with E-state index in [4.69, 9.17) is 10.5 Å². The van der Waals surface area contributed by atoms with Gasteiger partial charge in [-0.25, -0.2) is 4.98 Å². The summed E-state index contributed by atoms with van der Waals surface area (Å²) in [7, 11) is 0. The van der Waals surface area contributed by atoms with E-state index >= 15 is 0 Å². The molecule has 0 saturated carbocycles. The highest BCUT2D eigenvalue weighted by Crippen LogP contribution is 2.29. The predicted octanol–water partition coefficient (Wildman–Crippen LogP) is 2.47. The first kappa shape index (κ1) is 16.4. The van der Waals surface area contributed by atoms with Crippen molar-refractivity contribution in [2.24, 2.45) is 11.1 Å². The molecule has 2 aromatic rings. The molecule has 0 bridgehead atoms. The topological polar surface area (TPSA) is 81.3 Å². The standard InChI is InChI=1S/C18H22N4O2/c1-18(2)12-22(9-6-15(18)19)17(23)13-4-3-5-14(10-13)24-16-11-20-7-8-21-16/h3-5,7-8,10-11,15H,6,9,12,19H2,1-2H3. The lowest BCUT2D eigenvalue weighted by Crippen LogP contribution is -2.53. The lowest BCUT2D eigenvalue weighted by atomic mass is 9.79. The quantitative estimate of drug-likeness (QED) is 0.937. The van der Waals surface area contributed by atoms with E-state index in [0.717, 1.165) is 6.42 Å². The summed E-state index contributed by atoms with van der Waals surface area (Å²) in [6.45, 7) is 5.54. The van der Waals surface area contributed by atoms with Gasteiger partial charge < -0.3 is 15.4 Å². The van der Waals surface area contributed by atoms with E-state index in [1.54, 1.807) is 36.7 Å². The van der Waals surface area contributed by atoms with Gasteiger partial charge >= 0.3 is 0 Å². The molecule has 1 fully saturated rings. The Morgan fingerprint density at radius 2 is 2.21 bits per heavy atom. The highest BCUT2D eigenvalue weighted by atomic mass is 16.5. The largest absolute Gasteiger partial charge is 0.437 e. The first-order chi connectivity index (χ1) is 11.5. The molecule has 2 heterocycles. The normalized spacial score (nSPS) is 19.8. The van der Waals surface area contributed by atoms with Crippen molar-refractivity contribution in [3.05, 3.63) is 48.4 Å². The number of aromatic nitrogens is 2. The van der Waals surface area contributed by atoms with Gasteiger partial charge in [-0.2, -0.15) is 0 Å². The van der Waals surface area contributed by atoms with Crippen molar-refractivity contribution >= 4 is 5.91 Å². The molecule has 126 valence electrons. The van der Waals surface area contributed by atoms with E-state index in [1.165, 1.54) is 6.20 Å². The molecule has 1 aliphatic rings. The Kier molecular flexibility index (Phi) is 4.49. The molecule has 1 aromatic heterocycles. The summed E-state index contributed by atoms with van der Waals surface area (Å²) in [6.07, 6.45) is 5.48. The van der Waals surface area contributed by atoms with Crippen LogP contribution in [0.25, 0.3) is 0 Å². The Balaban J connectivity index is 1.75.